The van der Waals surface area contributed by atoms with Crippen LogP contribution < -0.4 is 14.8 Å². The fraction of sp³-hybridized carbons (Fsp3) is 0.286. The summed E-state index contributed by atoms with van der Waals surface area (Å²) >= 11 is 0. The lowest BCUT2D eigenvalue weighted by molar-refractivity contribution is -0.385. The van der Waals surface area contributed by atoms with Crippen LogP contribution >= 0.6 is 0 Å². The number of sulfonamides is 1. The van der Waals surface area contributed by atoms with Crippen LogP contribution in [0.4, 0.5) is 5.69 Å². The Balaban J connectivity index is 1.91. The molecule has 2 N–H and O–H groups in total. The van der Waals surface area contributed by atoms with E-state index in [9.17, 15) is 23.3 Å². The van der Waals surface area contributed by atoms with Crippen LogP contribution in [0.25, 0.3) is 0 Å². The maximum Gasteiger partial charge on any atom is 0.272 e. The van der Waals surface area contributed by atoms with Crippen LogP contribution in [0.15, 0.2) is 47.6 Å². The first-order valence-electron chi connectivity index (χ1n) is 10.3. The van der Waals surface area contributed by atoms with Gasteiger partial charge in [-0.2, -0.15) is 5.10 Å². The first-order chi connectivity index (χ1) is 16.1. The number of non-ortho nitro benzene ring substituents is 1. The Kier molecular flexibility index (Phi) is 7.58. The van der Waals surface area contributed by atoms with Gasteiger partial charge in [0, 0.05) is 50.2 Å². The van der Waals surface area contributed by atoms with Gasteiger partial charge in [0.2, 0.25) is 15.9 Å². The molecular formula is C21H24N6O6S. The van der Waals surface area contributed by atoms with Crippen molar-refractivity contribution in [2.24, 2.45) is 7.05 Å². The van der Waals surface area contributed by atoms with Crippen LogP contribution in [0, 0.1) is 17.0 Å². The molecule has 13 heteroatoms. The molecule has 34 heavy (non-hydrogen) atoms. The zero-order valence-corrected chi connectivity index (χ0v) is 19.6. The molecule has 0 spiro atoms. The van der Waals surface area contributed by atoms with E-state index >= 15 is 0 Å². The Labute approximate surface area is 196 Å². The quantitative estimate of drug-likeness (QED) is 0.325. The van der Waals surface area contributed by atoms with E-state index in [0.29, 0.717) is 12.0 Å². The van der Waals surface area contributed by atoms with Crippen molar-refractivity contribution in [1.29, 1.82) is 0 Å². The molecule has 0 aliphatic rings. The van der Waals surface area contributed by atoms with Gasteiger partial charge in [-0.25, -0.2) is 17.8 Å². The summed E-state index contributed by atoms with van der Waals surface area (Å²) in [5.41, 5.74) is 0.869. The Morgan fingerprint density at radius 2 is 2.06 bits per heavy atom. The lowest BCUT2D eigenvalue weighted by Crippen LogP contribution is -2.25. The topological polar surface area (TPSA) is 158 Å². The molecule has 0 fully saturated rings. The lowest BCUT2D eigenvalue weighted by Gasteiger charge is -2.13. The van der Waals surface area contributed by atoms with Gasteiger partial charge < -0.3 is 10.1 Å². The number of ether oxygens (including phenoxy) is 1. The summed E-state index contributed by atoms with van der Waals surface area (Å²) < 4.78 is 35.1. The average Bonchev–Trinajstić information content (AvgIpc) is 3.10. The van der Waals surface area contributed by atoms with Crippen molar-refractivity contribution in [3.05, 3.63) is 69.7 Å². The first-order valence-corrected chi connectivity index (χ1v) is 11.8. The van der Waals surface area contributed by atoms with E-state index in [1.165, 1.54) is 17.8 Å². The van der Waals surface area contributed by atoms with E-state index in [-0.39, 0.29) is 30.4 Å². The van der Waals surface area contributed by atoms with Crippen molar-refractivity contribution in [1.82, 2.24) is 24.8 Å². The number of hydrogen-bond acceptors (Lipinski definition) is 8. The molecule has 3 rings (SSSR count). The minimum atomic E-state index is -4.10. The van der Waals surface area contributed by atoms with Crippen LogP contribution in [-0.4, -0.2) is 40.6 Å². The molecule has 0 saturated heterocycles. The largest absolute Gasteiger partial charge is 0.438 e. The molecule has 2 aromatic heterocycles. The van der Waals surface area contributed by atoms with Gasteiger partial charge in [0.15, 0.2) is 5.69 Å². The second-order valence-electron chi connectivity index (χ2n) is 7.33. The average molecular weight is 489 g/mol. The summed E-state index contributed by atoms with van der Waals surface area (Å²) in [6.07, 6.45) is 3.79. The lowest BCUT2D eigenvalue weighted by atomic mass is 10.2. The number of aromatic nitrogens is 3. The molecule has 12 nitrogen and oxygen atoms in total. The zero-order chi connectivity index (χ0) is 24.9. The molecule has 0 bridgehead atoms. The van der Waals surface area contributed by atoms with Gasteiger partial charge in [-0.05, 0) is 31.0 Å². The normalized spacial score (nSPS) is 11.3. The van der Waals surface area contributed by atoms with Crippen LogP contribution in [0.1, 0.15) is 35.0 Å². The Bertz CT molecular complexity index is 1310. The van der Waals surface area contributed by atoms with E-state index in [0.717, 1.165) is 17.7 Å². The highest BCUT2D eigenvalue weighted by atomic mass is 32.2. The highest BCUT2D eigenvalue weighted by molar-refractivity contribution is 7.89. The third kappa shape index (κ3) is 5.55. The summed E-state index contributed by atoms with van der Waals surface area (Å²) in [5.74, 6) is -0.470. The van der Waals surface area contributed by atoms with Crippen molar-refractivity contribution in [3.63, 3.8) is 0 Å². The maximum atomic E-state index is 12.8. The van der Waals surface area contributed by atoms with E-state index in [2.05, 4.69) is 20.1 Å². The number of hydrogen-bond donors (Lipinski definition) is 2. The predicted octanol–water partition coefficient (Wildman–Crippen LogP) is 2.44. The van der Waals surface area contributed by atoms with Crippen LogP contribution in [0.5, 0.6) is 11.6 Å². The number of pyridine rings is 1. The van der Waals surface area contributed by atoms with E-state index in [1.54, 1.807) is 32.3 Å². The van der Waals surface area contributed by atoms with Crippen LogP contribution in [0.2, 0.25) is 0 Å². The standard InChI is InChI=1S/C21H24N6O6S/c1-4-9-24-34(31,32)18-11-16(27(29)30)7-8-17(18)33-21-14(2)19(25-26(21)3)20(28)23-13-15-6-5-10-22-12-15/h5-8,10-12,24H,4,9,13H2,1-3H3,(H,23,28). The predicted molar refractivity (Wildman–Crippen MR) is 122 cm³/mol. The molecule has 1 aromatic carbocycles. The molecule has 0 aliphatic heterocycles. The van der Waals surface area contributed by atoms with Crippen molar-refractivity contribution in [2.75, 3.05) is 6.54 Å². The Hall–Kier alpha value is -3.84. The second-order valence-corrected chi connectivity index (χ2v) is 9.07. The number of rotatable bonds is 10. The summed E-state index contributed by atoms with van der Waals surface area (Å²) in [6, 6.07) is 6.84. The van der Waals surface area contributed by atoms with E-state index in [1.807, 2.05) is 6.07 Å². The number of carbonyl (C=O) groups excluding carboxylic acids is 1. The Morgan fingerprint density at radius 3 is 2.71 bits per heavy atom. The SMILES string of the molecule is CCCNS(=O)(=O)c1cc([N+](=O)[O-])ccc1Oc1c(C)c(C(=O)NCc2cccnc2)nn1C. The number of nitrogens with zero attached hydrogens (tertiary/aromatic N) is 4. The Morgan fingerprint density at radius 1 is 1.29 bits per heavy atom. The van der Waals surface area contributed by atoms with Gasteiger partial charge >= 0.3 is 0 Å². The van der Waals surface area contributed by atoms with Gasteiger partial charge in [-0.3, -0.25) is 19.9 Å². The number of benzene rings is 1. The van der Waals surface area contributed by atoms with Gasteiger partial charge in [0.25, 0.3) is 11.6 Å². The second kappa shape index (κ2) is 10.4. The summed E-state index contributed by atoms with van der Waals surface area (Å²) in [6.45, 7) is 3.78. The first kappa shape index (κ1) is 24.8. The van der Waals surface area contributed by atoms with Crippen molar-refractivity contribution >= 4 is 21.6 Å². The van der Waals surface area contributed by atoms with Crippen LogP contribution in [0.3, 0.4) is 0 Å². The minimum absolute atomic E-state index is 0.0943. The monoisotopic (exact) mass is 488 g/mol. The maximum absolute atomic E-state index is 12.8. The minimum Gasteiger partial charge on any atom is -0.438 e. The number of nitro groups is 1. The van der Waals surface area contributed by atoms with E-state index in [4.69, 9.17) is 4.74 Å². The highest BCUT2D eigenvalue weighted by Gasteiger charge is 2.26. The molecule has 0 saturated carbocycles. The number of aryl methyl sites for hydroxylation is 1. The molecule has 0 aliphatic carbocycles. The molecule has 3 aromatic rings. The number of carbonyl (C=O) groups is 1. The number of nitro benzene ring substituents is 1. The molecule has 2 heterocycles. The van der Waals surface area contributed by atoms with Gasteiger partial charge in [0.1, 0.15) is 10.6 Å². The van der Waals surface area contributed by atoms with E-state index < -0.39 is 31.4 Å². The fourth-order valence-electron chi connectivity index (χ4n) is 3.06. The fourth-order valence-corrected chi connectivity index (χ4v) is 4.34. The summed E-state index contributed by atoms with van der Waals surface area (Å²) in [7, 11) is -2.56. The highest BCUT2D eigenvalue weighted by Crippen LogP contribution is 2.34. The molecule has 0 atom stereocenters. The summed E-state index contributed by atoms with van der Waals surface area (Å²) in [5, 5.41) is 18.1. The smallest absolute Gasteiger partial charge is 0.272 e. The number of amides is 1. The van der Waals surface area contributed by atoms with Gasteiger partial charge in [-0.1, -0.05) is 13.0 Å². The van der Waals surface area contributed by atoms with Crippen molar-refractivity contribution < 1.29 is 22.9 Å². The molecule has 180 valence electrons. The van der Waals surface area contributed by atoms with Gasteiger partial charge in [-0.15, -0.1) is 0 Å². The number of nitrogens with one attached hydrogen (secondary N) is 2. The van der Waals surface area contributed by atoms with Crippen molar-refractivity contribution in [3.8, 4) is 11.6 Å². The molecule has 0 radical (unpaired) electrons. The molecule has 0 unspecified atom stereocenters. The van der Waals surface area contributed by atoms with Crippen molar-refractivity contribution in [2.45, 2.75) is 31.7 Å². The van der Waals surface area contributed by atoms with Gasteiger partial charge in [0.05, 0.1) is 4.92 Å². The van der Waals surface area contributed by atoms with Crippen LogP contribution in [-0.2, 0) is 23.6 Å². The zero-order valence-electron chi connectivity index (χ0n) is 18.8. The third-order valence-corrected chi connectivity index (χ3v) is 6.27. The molecular weight excluding hydrogens is 464 g/mol. The third-order valence-electron chi connectivity index (χ3n) is 4.79. The summed E-state index contributed by atoms with van der Waals surface area (Å²) in [4.78, 5) is 26.8. The molecule has 1 amide bonds.